The molecule has 0 aromatic heterocycles. The van der Waals surface area contributed by atoms with Crippen LogP contribution in [0.5, 0.6) is 5.75 Å². The largest absolute Gasteiger partial charge is 0.497 e. The normalized spacial score (nSPS) is 17.2. The SMILES string of the molecule is CCN(CC)C(CNC(=O)c1ccc2c(c1)SC1=NS(=O)(=O)CCN12)c1cccc(OC)c1. The van der Waals surface area contributed by atoms with Gasteiger partial charge in [0.15, 0.2) is 5.17 Å². The van der Waals surface area contributed by atoms with E-state index in [4.69, 9.17) is 4.74 Å². The van der Waals surface area contributed by atoms with Crippen LogP contribution in [0.1, 0.15) is 35.8 Å². The van der Waals surface area contributed by atoms with Gasteiger partial charge in [-0.05, 0) is 60.7 Å². The van der Waals surface area contributed by atoms with Crippen LogP contribution in [0.4, 0.5) is 5.69 Å². The first kappa shape index (κ1) is 23.6. The molecule has 0 spiro atoms. The fraction of sp³-hybridized carbons (Fsp3) is 0.391. The molecular formula is C23H28N4O4S2. The Bertz CT molecular complexity index is 1180. The number of fused-ring (bicyclic) bond motifs is 3. The fourth-order valence-electron chi connectivity index (χ4n) is 4.13. The van der Waals surface area contributed by atoms with Crippen LogP contribution < -0.4 is 15.0 Å². The number of rotatable bonds is 8. The zero-order chi connectivity index (χ0) is 23.6. The number of benzene rings is 2. The number of carbonyl (C=O) groups excluding carboxylic acids is 1. The van der Waals surface area contributed by atoms with E-state index in [1.54, 1.807) is 19.2 Å². The van der Waals surface area contributed by atoms with E-state index in [9.17, 15) is 13.2 Å². The smallest absolute Gasteiger partial charge is 0.257 e. The third-order valence-corrected chi connectivity index (χ3v) is 8.23. The van der Waals surface area contributed by atoms with Crippen LogP contribution in [0.3, 0.4) is 0 Å². The highest BCUT2D eigenvalue weighted by Crippen LogP contribution is 2.42. The maximum atomic E-state index is 13.0. The Morgan fingerprint density at radius 1 is 1.24 bits per heavy atom. The average Bonchev–Trinajstić information content (AvgIpc) is 3.16. The lowest BCUT2D eigenvalue weighted by Gasteiger charge is -2.30. The van der Waals surface area contributed by atoms with Crippen molar-refractivity contribution in [2.75, 3.05) is 43.9 Å². The Morgan fingerprint density at radius 2 is 2.03 bits per heavy atom. The molecule has 10 heteroatoms. The number of anilines is 1. The van der Waals surface area contributed by atoms with Crippen molar-refractivity contribution in [3.63, 3.8) is 0 Å². The van der Waals surface area contributed by atoms with Crippen LogP contribution in [0.15, 0.2) is 51.8 Å². The van der Waals surface area contributed by atoms with Crippen molar-refractivity contribution in [3.8, 4) is 5.75 Å². The van der Waals surface area contributed by atoms with E-state index in [0.717, 1.165) is 35.0 Å². The summed E-state index contributed by atoms with van der Waals surface area (Å²) in [4.78, 5) is 18.0. The highest BCUT2D eigenvalue weighted by atomic mass is 32.2. The summed E-state index contributed by atoms with van der Waals surface area (Å²) in [5, 5.41) is 3.53. The van der Waals surface area contributed by atoms with Gasteiger partial charge in [-0.25, -0.2) is 8.42 Å². The first-order chi connectivity index (χ1) is 15.8. The number of hydrogen-bond acceptors (Lipinski definition) is 7. The predicted octanol–water partition coefficient (Wildman–Crippen LogP) is 3.12. The molecule has 4 rings (SSSR count). The van der Waals surface area contributed by atoms with Gasteiger partial charge in [-0.15, -0.1) is 4.40 Å². The van der Waals surface area contributed by atoms with Crippen molar-refractivity contribution >= 4 is 38.5 Å². The van der Waals surface area contributed by atoms with Crippen molar-refractivity contribution in [1.82, 2.24) is 10.2 Å². The topological polar surface area (TPSA) is 91.3 Å². The van der Waals surface area contributed by atoms with Crippen molar-refractivity contribution in [1.29, 1.82) is 0 Å². The van der Waals surface area contributed by atoms with Crippen molar-refractivity contribution in [3.05, 3.63) is 53.6 Å². The Morgan fingerprint density at radius 3 is 2.76 bits per heavy atom. The van der Waals surface area contributed by atoms with Gasteiger partial charge in [0, 0.05) is 23.5 Å². The van der Waals surface area contributed by atoms with Crippen LogP contribution in [-0.2, 0) is 10.0 Å². The monoisotopic (exact) mass is 488 g/mol. The standard InChI is InChI=1S/C23H28N4O4S2/c1-4-26(5-2)20(16-7-6-8-18(13-16)31-3)15-24-22(28)17-9-10-19-21(14-17)32-23-25-33(29,30)12-11-27(19)23/h6-10,13-14,20H,4-5,11-12,15H2,1-3H3,(H,24,28). The highest BCUT2D eigenvalue weighted by molar-refractivity contribution is 8.15. The molecule has 0 fully saturated rings. The predicted molar refractivity (Wildman–Crippen MR) is 132 cm³/mol. The summed E-state index contributed by atoms with van der Waals surface area (Å²) in [6.45, 7) is 6.74. The van der Waals surface area contributed by atoms with Crippen LogP contribution in [0.25, 0.3) is 0 Å². The number of nitrogens with zero attached hydrogens (tertiary/aromatic N) is 3. The Kier molecular flexibility index (Phi) is 6.96. The average molecular weight is 489 g/mol. The maximum absolute atomic E-state index is 13.0. The molecule has 8 nitrogen and oxygen atoms in total. The first-order valence-corrected chi connectivity index (χ1v) is 13.4. The van der Waals surface area contributed by atoms with Gasteiger partial charge in [0.1, 0.15) is 5.75 Å². The lowest BCUT2D eigenvalue weighted by Crippen LogP contribution is -2.38. The summed E-state index contributed by atoms with van der Waals surface area (Å²) in [5.41, 5.74) is 2.51. The number of thioether (sulfide) groups is 1. The number of nitrogens with one attached hydrogen (secondary N) is 1. The molecule has 2 aliphatic rings. The summed E-state index contributed by atoms with van der Waals surface area (Å²) >= 11 is 1.29. The Balaban J connectivity index is 1.51. The minimum Gasteiger partial charge on any atom is -0.497 e. The number of carbonyl (C=O) groups is 1. The highest BCUT2D eigenvalue weighted by Gasteiger charge is 2.33. The lowest BCUT2D eigenvalue weighted by atomic mass is 10.0. The van der Waals surface area contributed by atoms with E-state index < -0.39 is 10.0 Å². The molecule has 0 aliphatic carbocycles. The van der Waals surface area contributed by atoms with Gasteiger partial charge in [-0.1, -0.05) is 26.0 Å². The molecule has 176 valence electrons. The third-order valence-electron chi connectivity index (χ3n) is 5.92. The van der Waals surface area contributed by atoms with Crippen LogP contribution >= 0.6 is 11.8 Å². The van der Waals surface area contributed by atoms with Gasteiger partial charge in [0.2, 0.25) is 0 Å². The van der Waals surface area contributed by atoms with E-state index in [-0.39, 0.29) is 17.7 Å². The molecule has 0 radical (unpaired) electrons. The van der Waals surface area contributed by atoms with Gasteiger partial charge in [0.05, 0.1) is 24.6 Å². The fourth-order valence-corrected chi connectivity index (χ4v) is 6.43. The molecule has 2 aromatic rings. The number of amides is 1. The van der Waals surface area contributed by atoms with Gasteiger partial charge in [0.25, 0.3) is 15.9 Å². The molecular weight excluding hydrogens is 460 g/mol. The Labute approximate surface area is 199 Å². The second-order valence-corrected chi connectivity index (χ2v) is 10.6. The van der Waals surface area contributed by atoms with Crippen molar-refractivity contribution < 1.29 is 17.9 Å². The van der Waals surface area contributed by atoms with Gasteiger partial charge in [-0.3, -0.25) is 9.69 Å². The number of sulfonamides is 1. The maximum Gasteiger partial charge on any atom is 0.257 e. The number of hydrogen-bond donors (Lipinski definition) is 1. The number of amidine groups is 1. The molecule has 0 saturated carbocycles. The van der Waals surface area contributed by atoms with Crippen LogP contribution in [-0.4, -0.2) is 63.4 Å². The summed E-state index contributed by atoms with van der Waals surface area (Å²) < 4.78 is 32.9. The van der Waals surface area contributed by atoms with E-state index >= 15 is 0 Å². The molecule has 2 aromatic carbocycles. The van der Waals surface area contributed by atoms with Gasteiger partial charge < -0.3 is 15.0 Å². The second kappa shape index (κ2) is 9.74. The third kappa shape index (κ3) is 5.02. The summed E-state index contributed by atoms with van der Waals surface area (Å²) in [6.07, 6.45) is 0. The minimum absolute atomic E-state index is 0.00421. The quantitative estimate of drug-likeness (QED) is 0.610. The zero-order valence-corrected chi connectivity index (χ0v) is 20.6. The van der Waals surface area contributed by atoms with E-state index in [1.165, 1.54) is 11.8 Å². The number of likely N-dealkylation sites (N-methyl/N-ethyl adjacent to an activating group) is 1. The van der Waals surface area contributed by atoms with Gasteiger partial charge >= 0.3 is 0 Å². The molecule has 33 heavy (non-hydrogen) atoms. The molecule has 2 aliphatic heterocycles. The summed E-state index contributed by atoms with van der Waals surface area (Å²) in [5.74, 6) is 0.612. The summed E-state index contributed by atoms with van der Waals surface area (Å²) in [7, 11) is -1.77. The summed E-state index contributed by atoms with van der Waals surface area (Å²) in [6, 6.07) is 13.4. The molecule has 1 amide bonds. The van der Waals surface area contributed by atoms with Crippen LogP contribution in [0, 0.1) is 0 Å². The van der Waals surface area contributed by atoms with E-state index in [1.807, 2.05) is 29.2 Å². The zero-order valence-electron chi connectivity index (χ0n) is 18.9. The van der Waals surface area contributed by atoms with E-state index in [2.05, 4.69) is 34.5 Å². The molecule has 0 bridgehead atoms. The minimum atomic E-state index is -3.41. The van der Waals surface area contributed by atoms with Gasteiger partial charge in [-0.2, -0.15) is 0 Å². The van der Waals surface area contributed by atoms with Crippen LogP contribution in [0.2, 0.25) is 0 Å². The second-order valence-electron chi connectivity index (χ2n) is 7.82. The first-order valence-electron chi connectivity index (χ1n) is 10.9. The Hall–Kier alpha value is -2.56. The number of methoxy groups -OCH3 is 1. The van der Waals surface area contributed by atoms with Crippen molar-refractivity contribution in [2.24, 2.45) is 4.40 Å². The van der Waals surface area contributed by atoms with E-state index in [0.29, 0.717) is 23.8 Å². The molecule has 1 N–H and O–H groups in total. The molecule has 0 saturated heterocycles. The molecule has 1 unspecified atom stereocenters. The lowest BCUT2D eigenvalue weighted by molar-refractivity contribution is 0.0934. The molecule has 2 heterocycles. The molecule has 1 atom stereocenters. The van der Waals surface area contributed by atoms with Crippen molar-refractivity contribution in [2.45, 2.75) is 24.8 Å². The number of ether oxygens (including phenoxy) is 1.